The van der Waals surface area contributed by atoms with Crippen molar-refractivity contribution in [1.82, 2.24) is 4.98 Å². The van der Waals surface area contributed by atoms with Gasteiger partial charge in [-0.05, 0) is 37.3 Å². The zero-order valence-electron chi connectivity index (χ0n) is 15.3. The molecule has 0 unspecified atom stereocenters. The maximum atomic E-state index is 12.5. The Morgan fingerprint density at radius 2 is 2.00 bits per heavy atom. The average molecular weight is 367 g/mol. The number of phenolic OH excluding ortho intramolecular Hbond substituents is 1. The summed E-state index contributed by atoms with van der Waals surface area (Å²) in [6, 6.07) is 12.1. The predicted molar refractivity (Wildman–Crippen MR) is 100 cm³/mol. The first-order valence-corrected chi connectivity index (χ1v) is 8.69. The smallest absolute Gasteiger partial charge is 0.226 e. The lowest BCUT2D eigenvalue weighted by Gasteiger charge is -2.08. The second-order valence-corrected chi connectivity index (χ2v) is 5.88. The second-order valence-electron chi connectivity index (χ2n) is 5.88. The number of phenols is 1. The lowest BCUT2D eigenvalue weighted by molar-refractivity contribution is 0.0979. The van der Waals surface area contributed by atoms with Crippen molar-refractivity contribution in [2.24, 2.45) is 0 Å². The van der Waals surface area contributed by atoms with Gasteiger partial charge in [-0.1, -0.05) is 12.1 Å². The van der Waals surface area contributed by atoms with Crippen LogP contribution in [0.3, 0.4) is 0 Å². The Bertz CT molecular complexity index is 932. The van der Waals surface area contributed by atoms with Gasteiger partial charge < -0.3 is 19.0 Å². The molecule has 3 aromatic rings. The SMILES string of the molecule is CCOc1ccccc1C(=O)CCc1coc(-c2ccc(OC)c(O)c2)n1. The Morgan fingerprint density at radius 3 is 2.74 bits per heavy atom. The first-order valence-electron chi connectivity index (χ1n) is 8.69. The topological polar surface area (TPSA) is 81.8 Å². The van der Waals surface area contributed by atoms with E-state index in [1.807, 2.05) is 19.1 Å². The summed E-state index contributed by atoms with van der Waals surface area (Å²) in [5.74, 6) is 1.36. The Morgan fingerprint density at radius 1 is 1.19 bits per heavy atom. The number of Topliss-reactive ketones (excluding diaryl/α,β-unsaturated/α-hetero) is 1. The molecule has 6 heteroatoms. The van der Waals surface area contributed by atoms with E-state index in [9.17, 15) is 9.90 Å². The molecule has 1 heterocycles. The molecule has 0 radical (unpaired) electrons. The number of hydrogen-bond donors (Lipinski definition) is 1. The minimum Gasteiger partial charge on any atom is -0.504 e. The molecule has 1 N–H and O–H groups in total. The van der Waals surface area contributed by atoms with Crippen molar-refractivity contribution < 1.29 is 23.8 Å². The van der Waals surface area contributed by atoms with Crippen LogP contribution in [0.15, 0.2) is 53.1 Å². The van der Waals surface area contributed by atoms with E-state index in [0.29, 0.717) is 53.7 Å². The summed E-state index contributed by atoms with van der Waals surface area (Å²) in [5.41, 5.74) is 1.87. The molecule has 6 nitrogen and oxygen atoms in total. The number of methoxy groups -OCH3 is 1. The van der Waals surface area contributed by atoms with Crippen molar-refractivity contribution in [2.75, 3.05) is 13.7 Å². The Balaban J connectivity index is 1.68. The van der Waals surface area contributed by atoms with Crippen LogP contribution in [0.2, 0.25) is 0 Å². The molecular formula is C21H21NO5. The third kappa shape index (κ3) is 4.28. The molecule has 0 aliphatic rings. The number of aryl methyl sites for hydroxylation is 1. The average Bonchev–Trinajstić information content (AvgIpc) is 3.16. The lowest BCUT2D eigenvalue weighted by atomic mass is 10.0. The van der Waals surface area contributed by atoms with Crippen LogP contribution in [0.25, 0.3) is 11.5 Å². The highest BCUT2D eigenvalue weighted by molar-refractivity contribution is 5.98. The fourth-order valence-corrected chi connectivity index (χ4v) is 2.73. The fourth-order valence-electron chi connectivity index (χ4n) is 2.73. The van der Waals surface area contributed by atoms with Gasteiger partial charge in [0.05, 0.1) is 25.0 Å². The molecule has 3 rings (SSSR count). The summed E-state index contributed by atoms with van der Waals surface area (Å²) in [6.45, 7) is 2.39. The molecule has 140 valence electrons. The number of ether oxygens (including phenoxy) is 2. The normalized spacial score (nSPS) is 10.6. The summed E-state index contributed by atoms with van der Waals surface area (Å²) in [4.78, 5) is 16.9. The van der Waals surface area contributed by atoms with Crippen molar-refractivity contribution >= 4 is 5.78 Å². The number of benzene rings is 2. The zero-order chi connectivity index (χ0) is 19.2. The van der Waals surface area contributed by atoms with Crippen LogP contribution in [0.4, 0.5) is 0 Å². The van der Waals surface area contributed by atoms with Gasteiger partial charge in [-0.15, -0.1) is 0 Å². The van der Waals surface area contributed by atoms with Gasteiger partial charge >= 0.3 is 0 Å². The van der Waals surface area contributed by atoms with Gasteiger partial charge in [-0.2, -0.15) is 0 Å². The molecule has 0 saturated heterocycles. The number of para-hydroxylation sites is 1. The Kier molecular flexibility index (Phi) is 5.76. The monoisotopic (exact) mass is 367 g/mol. The molecular weight excluding hydrogens is 346 g/mol. The quantitative estimate of drug-likeness (QED) is 0.599. The van der Waals surface area contributed by atoms with Gasteiger partial charge in [0.1, 0.15) is 12.0 Å². The van der Waals surface area contributed by atoms with Crippen LogP contribution >= 0.6 is 0 Å². The van der Waals surface area contributed by atoms with Crippen LogP contribution in [0.1, 0.15) is 29.4 Å². The van der Waals surface area contributed by atoms with E-state index in [2.05, 4.69) is 4.98 Å². The minimum absolute atomic E-state index is 0.00862. The number of nitrogens with zero attached hydrogens (tertiary/aromatic N) is 1. The number of carbonyl (C=O) groups excluding carboxylic acids is 1. The van der Waals surface area contributed by atoms with Crippen molar-refractivity contribution in [3.05, 3.63) is 60.0 Å². The molecule has 2 aromatic carbocycles. The summed E-state index contributed by atoms with van der Waals surface area (Å²) in [7, 11) is 1.48. The highest BCUT2D eigenvalue weighted by Crippen LogP contribution is 2.31. The molecule has 0 aliphatic carbocycles. The summed E-state index contributed by atoms with van der Waals surface area (Å²) >= 11 is 0. The maximum Gasteiger partial charge on any atom is 0.226 e. The number of rotatable bonds is 8. The van der Waals surface area contributed by atoms with E-state index in [4.69, 9.17) is 13.9 Å². The first-order chi connectivity index (χ1) is 13.1. The summed E-state index contributed by atoms with van der Waals surface area (Å²) < 4.78 is 16.0. The molecule has 0 fully saturated rings. The van der Waals surface area contributed by atoms with E-state index in [1.54, 1.807) is 24.3 Å². The number of carbonyl (C=O) groups is 1. The molecule has 0 saturated carbocycles. The van der Waals surface area contributed by atoms with Crippen molar-refractivity contribution in [3.63, 3.8) is 0 Å². The number of oxazole rings is 1. The Hall–Kier alpha value is -3.28. The largest absolute Gasteiger partial charge is 0.504 e. The van der Waals surface area contributed by atoms with E-state index in [0.717, 1.165) is 0 Å². The van der Waals surface area contributed by atoms with Gasteiger partial charge in [-0.3, -0.25) is 4.79 Å². The van der Waals surface area contributed by atoms with Crippen LogP contribution in [-0.2, 0) is 6.42 Å². The van der Waals surface area contributed by atoms with Crippen LogP contribution in [-0.4, -0.2) is 29.6 Å². The Labute approximate surface area is 157 Å². The van der Waals surface area contributed by atoms with Crippen LogP contribution in [0, 0.1) is 0 Å². The molecule has 0 spiro atoms. The highest BCUT2D eigenvalue weighted by atomic mass is 16.5. The van der Waals surface area contributed by atoms with Gasteiger partial charge in [-0.25, -0.2) is 4.98 Å². The van der Waals surface area contributed by atoms with Gasteiger partial charge in [0.25, 0.3) is 0 Å². The number of aromatic hydroxyl groups is 1. The van der Waals surface area contributed by atoms with Crippen LogP contribution in [0.5, 0.6) is 17.2 Å². The molecule has 27 heavy (non-hydrogen) atoms. The van der Waals surface area contributed by atoms with E-state index in [1.165, 1.54) is 19.4 Å². The summed E-state index contributed by atoms with van der Waals surface area (Å²) in [5, 5.41) is 9.88. The third-order valence-electron chi connectivity index (χ3n) is 4.07. The maximum absolute atomic E-state index is 12.5. The molecule has 1 aromatic heterocycles. The minimum atomic E-state index is -0.00862. The first kappa shape index (κ1) is 18.5. The van der Waals surface area contributed by atoms with Crippen LogP contribution < -0.4 is 9.47 Å². The van der Waals surface area contributed by atoms with E-state index < -0.39 is 0 Å². The van der Waals surface area contributed by atoms with Crippen molar-refractivity contribution in [3.8, 4) is 28.7 Å². The summed E-state index contributed by atoms with van der Waals surface area (Å²) in [6.07, 6.45) is 2.27. The zero-order valence-corrected chi connectivity index (χ0v) is 15.3. The predicted octanol–water partition coefficient (Wildman–Crippen LogP) is 4.27. The van der Waals surface area contributed by atoms with Gasteiger partial charge in [0.2, 0.25) is 5.89 Å². The van der Waals surface area contributed by atoms with Gasteiger partial charge in [0, 0.05) is 18.4 Å². The van der Waals surface area contributed by atoms with Crippen molar-refractivity contribution in [1.29, 1.82) is 0 Å². The second kappa shape index (κ2) is 8.40. The third-order valence-corrected chi connectivity index (χ3v) is 4.07. The highest BCUT2D eigenvalue weighted by Gasteiger charge is 2.14. The number of ketones is 1. The van der Waals surface area contributed by atoms with Gasteiger partial charge in [0.15, 0.2) is 17.3 Å². The molecule has 0 aliphatic heterocycles. The number of hydrogen-bond acceptors (Lipinski definition) is 6. The molecule has 0 amide bonds. The van der Waals surface area contributed by atoms with Crippen molar-refractivity contribution in [2.45, 2.75) is 19.8 Å². The lowest BCUT2D eigenvalue weighted by Crippen LogP contribution is -2.05. The van der Waals surface area contributed by atoms with E-state index >= 15 is 0 Å². The standard InChI is InChI=1S/C21H21NO5/c1-3-26-19-7-5-4-6-16(19)17(23)10-9-15-13-27-21(22-15)14-8-11-20(25-2)18(24)12-14/h4-8,11-13,24H,3,9-10H2,1-2H3. The molecule has 0 bridgehead atoms. The fraction of sp³-hybridized carbons (Fsp3) is 0.238. The number of aromatic nitrogens is 1. The van der Waals surface area contributed by atoms with E-state index in [-0.39, 0.29) is 11.5 Å². The molecule has 0 atom stereocenters.